The van der Waals surface area contributed by atoms with Crippen LogP contribution in [0.4, 0.5) is 0 Å². The van der Waals surface area contributed by atoms with Crippen molar-refractivity contribution < 1.29 is 9.46 Å². The van der Waals surface area contributed by atoms with Gasteiger partial charge < -0.3 is 4.57 Å². The molecule has 0 aromatic heterocycles. The second-order valence-electron chi connectivity index (χ2n) is 17.2. The summed E-state index contributed by atoms with van der Waals surface area (Å²) in [5.74, 6) is 0. The van der Waals surface area contributed by atoms with Crippen molar-refractivity contribution in [2.75, 3.05) is 12.8 Å². The molecule has 8 aromatic carbocycles. The summed E-state index contributed by atoms with van der Waals surface area (Å²) in [5.41, 5.74) is 6.39. The van der Waals surface area contributed by atoms with E-state index >= 15 is 4.57 Å². The van der Waals surface area contributed by atoms with Crippen molar-refractivity contribution in [2.45, 2.75) is 19.0 Å². The molecule has 66 heavy (non-hydrogen) atoms. The molecule has 0 bridgehead atoms. The van der Waals surface area contributed by atoms with E-state index in [1.807, 2.05) is 78.9 Å². The number of hydrogen-bond donors (Lipinski definition) is 1. The van der Waals surface area contributed by atoms with Gasteiger partial charge in [0.2, 0.25) is 0 Å². The fraction of sp³-hybridized carbons (Fsp3) is 0.0820. The van der Waals surface area contributed by atoms with Crippen LogP contribution in [0.15, 0.2) is 261 Å². The van der Waals surface area contributed by atoms with E-state index in [4.69, 9.17) is 0 Å². The van der Waals surface area contributed by atoms with Crippen molar-refractivity contribution in [1.29, 1.82) is 0 Å². The van der Waals surface area contributed by atoms with E-state index in [2.05, 4.69) is 196 Å². The zero-order valence-electron chi connectivity index (χ0n) is 37.5. The molecule has 0 saturated heterocycles. The van der Waals surface area contributed by atoms with Gasteiger partial charge in [0.1, 0.15) is 0 Å². The second kappa shape index (κ2) is 19.7. The van der Waals surface area contributed by atoms with Gasteiger partial charge in [0.15, 0.2) is 0 Å². The quantitative estimate of drug-likeness (QED) is 0.0872. The van der Waals surface area contributed by atoms with E-state index < -0.39 is 21.9 Å². The zero-order valence-corrected chi connectivity index (χ0v) is 40.2. The molecule has 1 N–H and O–H groups in total. The number of rotatable bonds is 14. The molecule has 0 radical (unpaired) electrons. The van der Waals surface area contributed by atoms with Gasteiger partial charge in [0, 0.05) is 11.0 Å². The Bertz CT molecular complexity index is 2980. The third-order valence-corrected chi connectivity index (χ3v) is 23.3. The Morgan fingerprint density at radius 2 is 1.03 bits per heavy atom. The van der Waals surface area contributed by atoms with Crippen molar-refractivity contribution in [3.05, 3.63) is 266 Å². The SMILES string of the molecule is C/C=C(\C=C/CP(C)(O)(c1ccccc1)c1ccccc1)c1cc(-c2ccc(P(c3ccccc3)c3ccccc3)cc2)cc(-c2ccc(P(=O)(c3ccccc3)C3C=CC=CC3)cc2)c1. The van der Waals surface area contributed by atoms with Gasteiger partial charge in [-0.1, -0.05) is 115 Å². The molecule has 1 aliphatic rings. The van der Waals surface area contributed by atoms with Crippen LogP contribution in [0.5, 0.6) is 0 Å². The van der Waals surface area contributed by atoms with Crippen LogP contribution < -0.4 is 37.1 Å². The fourth-order valence-electron chi connectivity index (χ4n) is 9.23. The van der Waals surface area contributed by atoms with Crippen LogP contribution in [-0.4, -0.2) is 23.4 Å². The molecule has 2 nitrogen and oxygen atoms in total. The summed E-state index contributed by atoms with van der Waals surface area (Å²) in [6.45, 7) is 0.558. The molecule has 5 heteroatoms. The van der Waals surface area contributed by atoms with Crippen LogP contribution in [0.25, 0.3) is 27.8 Å². The molecule has 0 aliphatic heterocycles. The summed E-state index contributed by atoms with van der Waals surface area (Å²) in [6, 6.07) is 76.4. The fourth-order valence-corrected chi connectivity index (χ4v) is 17.8. The van der Waals surface area contributed by atoms with E-state index in [0.29, 0.717) is 6.16 Å². The van der Waals surface area contributed by atoms with Gasteiger partial charge in [-0.25, -0.2) is 0 Å². The molecule has 0 spiro atoms. The number of allylic oxidation sites excluding steroid dienone is 8. The summed E-state index contributed by atoms with van der Waals surface area (Å²) in [7, 11) is -3.75. The molecule has 0 fully saturated rings. The first kappa shape index (κ1) is 44.9. The average Bonchev–Trinajstić information content (AvgIpc) is 3.39. The van der Waals surface area contributed by atoms with E-state index in [0.717, 1.165) is 61.0 Å². The minimum atomic E-state index is -3.58. The summed E-state index contributed by atoms with van der Waals surface area (Å²) < 4.78 is 15.4. The van der Waals surface area contributed by atoms with Crippen LogP contribution in [0.3, 0.4) is 0 Å². The van der Waals surface area contributed by atoms with Crippen molar-refractivity contribution in [2.24, 2.45) is 0 Å². The zero-order chi connectivity index (χ0) is 45.4. The van der Waals surface area contributed by atoms with Crippen LogP contribution >= 0.6 is 21.9 Å². The van der Waals surface area contributed by atoms with Crippen LogP contribution in [0.2, 0.25) is 0 Å². The van der Waals surface area contributed by atoms with Gasteiger partial charge in [0.25, 0.3) is 0 Å². The Labute approximate surface area is 392 Å². The van der Waals surface area contributed by atoms with Gasteiger partial charge in [-0.15, -0.1) is 0 Å². The van der Waals surface area contributed by atoms with Gasteiger partial charge >= 0.3 is 247 Å². The topological polar surface area (TPSA) is 37.3 Å². The minimum absolute atomic E-state index is 0.103. The van der Waals surface area contributed by atoms with Crippen molar-refractivity contribution in [1.82, 2.24) is 0 Å². The molecule has 8 aromatic rings. The predicted octanol–water partition coefficient (Wildman–Crippen LogP) is 12.7. The normalized spacial score (nSPS) is 15.6. The van der Waals surface area contributed by atoms with Gasteiger partial charge in [-0.2, -0.15) is 0 Å². The van der Waals surface area contributed by atoms with Crippen LogP contribution in [0.1, 0.15) is 18.9 Å². The maximum absolute atomic E-state index is 15.4. The Morgan fingerprint density at radius 3 is 1.52 bits per heavy atom. The Kier molecular flexibility index (Phi) is 13.4. The third kappa shape index (κ3) is 9.26. The van der Waals surface area contributed by atoms with Gasteiger partial charge in [-0.05, 0) is 17.0 Å². The van der Waals surface area contributed by atoms with Gasteiger partial charge in [0.05, 0.1) is 0 Å². The van der Waals surface area contributed by atoms with E-state index in [1.54, 1.807) is 0 Å². The van der Waals surface area contributed by atoms with Crippen molar-refractivity contribution in [3.8, 4) is 22.3 Å². The van der Waals surface area contributed by atoms with E-state index in [1.165, 1.54) is 15.9 Å². The van der Waals surface area contributed by atoms with Crippen LogP contribution in [0, 0.1) is 0 Å². The third-order valence-electron chi connectivity index (χ3n) is 12.9. The van der Waals surface area contributed by atoms with Gasteiger partial charge in [-0.3, -0.25) is 0 Å². The summed E-state index contributed by atoms with van der Waals surface area (Å²) in [4.78, 5) is 12.9. The van der Waals surface area contributed by atoms with Crippen molar-refractivity contribution >= 4 is 64.6 Å². The second-order valence-corrected chi connectivity index (χ2v) is 27.3. The molecule has 326 valence electrons. The summed E-state index contributed by atoms with van der Waals surface area (Å²) >= 11 is 0. The first-order chi connectivity index (χ1) is 32.2. The maximum atomic E-state index is 15.4. The average molecular weight is 913 g/mol. The molecule has 0 saturated carbocycles. The predicted molar refractivity (Wildman–Crippen MR) is 291 cm³/mol. The molecular formula is C61H55O2P3. The Hall–Kier alpha value is -6.23. The van der Waals surface area contributed by atoms with Crippen LogP contribution in [-0.2, 0) is 4.57 Å². The number of benzene rings is 8. The monoisotopic (exact) mass is 912 g/mol. The first-order valence-electron chi connectivity index (χ1n) is 22.7. The first-order valence-corrected chi connectivity index (χ1v) is 28.6. The van der Waals surface area contributed by atoms with Crippen molar-refractivity contribution in [3.63, 3.8) is 0 Å². The Morgan fingerprint density at radius 1 is 0.576 bits per heavy atom. The number of hydrogen-bond acceptors (Lipinski definition) is 2. The van der Waals surface area contributed by atoms with E-state index in [9.17, 15) is 4.89 Å². The molecule has 0 amide bonds. The summed E-state index contributed by atoms with van der Waals surface area (Å²) in [6.07, 6.45) is 16.0. The van der Waals surface area contributed by atoms with E-state index in [-0.39, 0.29) is 5.66 Å². The summed E-state index contributed by atoms with van der Waals surface area (Å²) in [5, 5.41) is 7.61. The molecule has 9 rings (SSSR count). The standard InChI is InChI=1S/C61H55O2P3/c1-3-48(23-22-44-66(2,63,60-32-18-8-19-33-60)61-34-20-9-21-35-61)51-45-52(49-36-40-56(41-37-49)64(54-24-10-4-11-25-54)55-26-12-5-13-27-55)47-53(46-51)50-38-42-59(43-39-50)65(62,57-28-14-6-15-29-57)58-30-16-7-17-31-58/h3-30,32-43,45-47,58,63H,31,44H2,1-2H3/b23-22-,48-3+. The molecule has 1 aliphatic carbocycles. The molecule has 2 atom stereocenters. The molecular weight excluding hydrogens is 858 g/mol. The molecule has 0 heterocycles. The Balaban J connectivity index is 1.12. The molecule has 2 unspecified atom stereocenters.